The first-order valence-corrected chi connectivity index (χ1v) is 6.15. The van der Waals surface area contributed by atoms with Gasteiger partial charge in [0.05, 0.1) is 6.61 Å². The average Bonchev–Trinajstić information content (AvgIpc) is 2.27. The second-order valence-electron chi connectivity index (χ2n) is 4.16. The molecule has 15 heavy (non-hydrogen) atoms. The minimum Gasteiger partial charge on any atom is -0.463 e. The standard InChI is InChI=1S/C13H22O2/c1-3-11(10-13(14)15-4-2)12-8-6-5-7-9-12/h10,12H,3-9H2,1-2H3. The fourth-order valence-corrected chi connectivity index (χ4v) is 2.32. The summed E-state index contributed by atoms with van der Waals surface area (Å²) in [6.07, 6.45) is 9.17. The highest BCUT2D eigenvalue weighted by Gasteiger charge is 2.17. The van der Waals surface area contributed by atoms with Crippen LogP contribution in [-0.2, 0) is 9.53 Å². The summed E-state index contributed by atoms with van der Waals surface area (Å²) in [6.45, 7) is 4.44. The number of rotatable bonds is 4. The lowest BCUT2D eigenvalue weighted by Gasteiger charge is -2.23. The third-order valence-corrected chi connectivity index (χ3v) is 3.13. The molecule has 1 fully saturated rings. The molecule has 0 aromatic rings. The molecular weight excluding hydrogens is 188 g/mol. The summed E-state index contributed by atoms with van der Waals surface area (Å²) >= 11 is 0. The van der Waals surface area contributed by atoms with Crippen LogP contribution in [0.25, 0.3) is 0 Å². The fraction of sp³-hybridized carbons (Fsp3) is 0.769. The normalized spacial score (nSPS) is 18.9. The van der Waals surface area contributed by atoms with Crippen LogP contribution in [0.2, 0.25) is 0 Å². The van der Waals surface area contributed by atoms with Crippen molar-refractivity contribution >= 4 is 5.97 Å². The molecule has 0 saturated heterocycles. The van der Waals surface area contributed by atoms with E-state index in [9.17, 15) is 4.79 Å². The topological polar surface area (TPSA) is 26.3 Å². The van der Waals surface area contributed by atoms with Gasteiger partial charge in [-0.2, -0.15) is 0 Å². The van der Waals surface area contributed by atoms with Crippen LogP contribution in [0.4, 0.5) is 0 Å². The van der Waals surface area contributed by atoms with Gasteiger partial charge in [0.15, 0.2) is 0 Å². The largest absolute Gasteiger partial charge is 0.463 e. The van der Waals surface area contributed by atoms with E-state index < -0.39 is 0 Å². The molecule has 0 radical (unpaired) electrons. The van der Waals surface area contributed by atoms with E-state index in [1.165, 1.54) is 37.7 Å². The first-order valence-electron chi connectivity index (χ1n) is 6.15. The SMILES string of the molecule is CCOC(=O)C=C(CC)C1CCCCC1. The van der Waals surface area contributed by atoms with Gasteiger partial charge in [0.2, 0.25) is 0 Å². The predicted molar refractivity (Wildman–Crippen MR) is 61.6 cm³/mol. The molecule has 0 N–H and O–H groups in total. The number of hydrogen-bond acceptors (Lipinski definition) is 2. The Balaban J connectivity index is 2.55. The molecular formula is C13H22O2. The molecule has 0 aromatic carbocycles. The summed E-state index contributed by atoms with van der Waals surface area (Å²) in [5.74, 6) is 0.466. The van der Waals surface area contributed by atoms with Gasteiger partial charge in [-0.3, -0.25) is 0 Å². The summed E-state index contributed by atoms with van der Waals surface area (Å²) in [4.78, 5) is 11.4. The van der Waals surface area contributed by atoms with Crippen LogP contribution in [0.1, 0.15) is 52.4 Å². The van der Waals surface area contributed by atoms with Crippen molar-refractivity contribution in [3.63, 3.8) is 0 Å². The first-order chi connectivity index (χ1) is 7.27. The lowest BCUT2D eigenvalue weighted by atomic mass is 9.82. The number of hydrogen-bond donors (Lipinski definition) is 0. The van der Waals surface area contributed by atoms with Gasteiger partial charge in [0.25, 0.3) is 0 Å². The van der Waals surface area contributed by atoms with E-state index in [0.29, 0.717) is 12.5 Å². The Labute approximate surface area is 92.7 Å². The Morgan fingerprint density at radius 2 is 1.93 bits per heavy atom. The van der Waals surface area contributed by atoms with Crippen LogP contribution < -0.4 is 0 Å². The van der Waals surface area contributed by atoms with Crippen LogP contribution in [0.3, 0.4) is 0 Å². The molecule has 0 unspecified atom stereocenters. The molecule has 1 aliphatic carbocycles. The Kier molecular flexibility index (Phi) is 5.44. The van der Waals surface area contributed by atoms with Gasteiger partial charge in [0.1, 0.15) is 0 Å². The minimum absolute atomic E-state index is 0.167. The van der Waals surface area contributed by atoms with Crippen molar-refractivity contribution in [1.29, 1.82) is 0 Å². The van der Waals surface area contributed by atoms with Crippen molar-refractivity contribution in [2.45, 2.75) is 52.4 Å². The maximum atomic E-state index is 11.4. The van der Waals surface area contributed by atoms with Crippen LogP contribution in [0.5, 0.6) is 0 Å². The van der Waals surface area contributed by atoms with Crippen LogP contribution in [0, 0.1) is 5.92 Å². The number of allylic oxidation sites excluding steroid dienone is 1. The number of carbonyl (C=O) groups is 1. The van der Waals surface area contributed by atoms with Crippen molar-refractivity contribution in [1.82, 2.24) is 0 Å². The van der Waals surface area contributed by atoms with Gasteiger partial charge in [-0.1, -0.05) is 31.8 Å². The Morgan fingerprint density at radius 3 is 2.47 bits per heavy atom. The summed E-state index contributed by atoms with van der Waals surface area (Å²) < 4.78 is 4.95. The second kappa shape index (κ2) is 6.65. The Bertz CT molecular complexity index is 225. The van der Waals surface area contributed by atoms with Gasteiger partial charge in [-0.25, -0.2) is 4.79 Å². The van der Waals surface area contributed by atoms with E-state index in [0.717, 1.165) is 6.42 Å². The smallest absolute Gasteiger partial charge is 0.330 e. The van der Waals surface area contributed by atoms with Gasteiger partial charge in [-0.15, -0.1) is 0 Å². The van der Waals surface area contributed by atoms with Crippen molar-refractivity contribution < 1.29 is 9.53 Å². The molecule has 2 heteroatoms. The fourth-order valence-electron chi connectivity index (χ4n) is 2.32. The maximum Gasteiger partial charge on any atom is 0.330 e. The zero-order valence-electron chi connectivity index (χ0n) is 9.92. The summed E-state index contributed by atoms with van der Waals surface area (Å²) in [5, 5.41) is 0. The van der Waals surface area contributed by atoms with E-state index in [1.54, 1.807) is 6.08 Å². The monoisotopic (exact) mass is 210 g/mol. The highest BCUT2D eigenvalue weighted by atomic mass is 16.5. The van der Waals surface area contributed by atoms with Gasteiger partial charge >= 0.3 is 5.97 Å². The molecule has 0 aromatic heterocycles. The van der Waals surface area contributed by atoms with Crippen LogP contribution in [-0.4, -0.2) is 12.6 Å². The highest BCUT2D eigenvalue weighted by molar-refractivity contribution is 5.82. The molecule has 0 amide bonds. The van der Waals surface area contributed by atoms with Gasteiger partial charge in [-0.05, 0) is 32.1 Å². The van der Waals surface area contributed by atoms with E-state index >= 15 is 0 Å². The zero-order valence-corrected chi connectivity index (χ0v) is 9.92. The van der Waals surface area contributed by atoms with Gasteiger partial charge in [0, 0.05) is 6.08 Å². The third-order valence-electron chi connectivity index (χ3n) is 3.13. The van der Waals surface area contributed by atoms with Crippen LogP contribution >= 0.6 is 0 Å². The van der Waals surface area contributed by atoms with Crippen molar-refractivity contribution in [2.24, 2.45) is 5.92 Å². The van der Waals surface area contributed by atoms with Crippen LogP contribution in [0.15, 0.2) is 11.6 Å². The third kappa shape index (κ3) is 4.06. The molecule has 86 valence electrons. The van der Waals surface area contributed by atoms with E-state index in [2.05, 4.69) is 6.92 Å². The van der Waals surface area contributed by atoms with Crippen molar-refractivity contribution in [3.05, 3.63) is 11.6 Å². The highest BCUT2D eigenvalue weighted by Crippen LogP contribution is 2.31. The molecule has 0 atom stereocenters. The molecule has 0 heterocycles. The number of ether oxygens (including phenoxy) is 1. The second-order valence-corrected chi connectivity index (χ2v) is 4.16. The summed E-state index contributed by atoms with van der Waals surface area (Å²) in [7, 11) is 0. The number of carbonyl (C=O) groups excluding carboxylic acids is 1. The Hall–Kier alpha value is -0.790. The molecule has 1 rings (SSSR count). The lowest BCUT2D eigenvalue weighted by Crippen LogP contribution is -2.11. The predicted octanol–water partition coefficient (Wildman–Crippen LogP) is 3.47. The summed E-state index contributed by atoms with van der Waals surface area (Å²) in [5.41, 5.74) is 1.29. The minimum atomic E-state index is -0.167. The van der Waals surface area contributed by atoms with Crippen molar-refractivity contribution in [3.8, 4) is 0 Å². The molecule has 0 spiro atoms. The zero-order chi connectivity index (χ0) is 11.1. The quantitative estimate of drug-likeness (QED) is 0.524. The van der Waals surface area contributed by atoms with E-state index in [-0.39, 0.29) is 5.97 Å². The van der Waals surface area contributed by atoms with Gasteiger partial charge < -0.3 is 4.74 Å². The Morgan fingerprint density at radius 1 is 1.27 bits per heavy atom. The molecule has 2 nitrogen and oxygen atoms in total. The molecule has 1 aliphatic rings. The maximum absolute atomic E-state index is 11.4. The number of esters is 1. The first kappa shape index (κ1) is 12.3. The van der Waals surface area contributed by atoms with E-state index in [4.69, 9.17) is 4.74 Å². The lowest BCUT2D eigenvalue weighted by molar-refractivity contribution is -0.137. The molecule has 0 aliphatic heterocycles. The molecule has 1 saturated carbocycles. The average molecular weight is 210 g/mol. The van der Waals surface area contributed by atoms with E-state index in [1.807, 2.05) is 6.92 Å². The summed E-state index contributed by atoms with van der Waals surface area (Å²) in [6, 6.07) is 0. The van der Waals surface area contributed by atoms with Crippen molar-refractivity contribution in [2.75, 3.05) is 6.61 Å². The molecule has 0 bridgehead atoms.